The highest BCUT2D eigenvalue weighted by Gasteiger charge is 2.35. The summed E-state index contributed by atoms with van der Waals surface area (Å²) in [6.45, 7) is 7.22. The number of aliphatic hydroxyl groups is 1. The smallest absolute Gasteiger partial charge is 0.330 e. The van der Waals surface area contributed by atoms with Gasteiger partial charge in [0.25, 0.3) is 0 Å². The van der Waals surface area contributed by atoms with E-state index in [-0.39, 0.29) is 0 Å². The lowest BCUT2D eigenvalue weighted by molar-refractivity contribution is -0.0893. The summed E-state index contributed by atoms with van der Waals surface area (Å²) in [7, 11) is 1.69. The zero-order chi connectivity index (χ0) is 18.5. The Labute approximate surface area is 153 Å². The first kappa shape index (κ1) is 17.1. The highest BCUT2D eigenvalue weighted by atomic mass is 16.5. The topological polar surface area (TPSA) is 55.5 Å². The van der Waals surface area contributed by atoms with Gasteiger partial charge in [0.15, 0.2) is 5.58 Å². The van der Waals surface area contributed by atoms with Crippen molar-refractivity contribution in [1.82, 2.24) is 4.98 Å². The van der Waals surface area contributed by atoms with E-state index in [0.29, 0.717) is 0 Å². The van der Waals surface area contributed by atoms with Gasteiger partial charge in [0.05, 0.1) is 11.2 Å². The molecule has 0 saturated carbocycles. The molecule has 0 amide bonds. The molecule has 0 aliphatic heterocycles. The molecule has 0 atom stereocenters. The van der Waals surface area contributed by atoms with Crippen LogP contribution in [0.2, 0.25) is 0 Å². The molecule has 4 rings (SSSR count). The second-order valence-corrected chi connectivity index (χ2v) is 7.68. The van der Waals surface area contributed by atoms with Crippen LogP contribution in [0, 0.1) is 0 Å². The summed E-state index contributed by atoms with van der Waals surface area (Å²) in [5.74, 6) is 0. The fourth-order valence-electron chi connectivity index (χ4n) is 2.82. The molecule has 0 aliphatic carbocycles. The second-order valence-electron chi connectivity index (χ2n) is 7.68. The average Bonchev–Trinajstić information content (AvgIpc) is 2.98. The summed E-state index contributed by atoms with van der Waals surface area (Å²) in [5.41, 5.74) is 1.72. The molecule has 26 heavy (non-hydrogen) atoms. The highest BCUT2D eigenvalue weighted by molar-refractivity contribution is 6.47. The Morgan fingerprint density at radius 1 is 1.04 bits per heavy atom. The van der Waals surface area contributed by atoms with Crippen molar-refractivity contribution in [3.05, 3.63) is 48.7 Å². The Balaban J connectivity index is 1.77. The normalized spacial score (nSPS) is 13.0. The molecule has 2 aromatic carbocycles. The molecule has 0 unspecified atom stereocenters. The molecule has 0 fully saturated rings. The van der Waals surface area contributed by atoms with Crippen molar-refractivity contribution in [3.63, 3.8) is 0 Å². The maximum absolute atomic E-state index is 10.3. The molecular formula is C21H21BNO3. The van der Waals surface area contributed by atoms with Gasteiger partial charge in [-0.3, -0.25) is 4.98 Å². The van der Waals surface area contributed by atoms with E-state index in [2.05, 4.69) is 11.1 Å². The van der Waals surface area contributed by atoms with Crippen molar-refractivity contribution >= 4 is 45.8 Å². The minimum Gasteiger partial charge on any atom is -0.454 e. The van der Waals surface area contributed by atoms with Gasteiger partial charge < -0.3 is 14.2 Å². The standard InChI is InChI=1S/C21H21BNO3/c1-20(2,24)21(3,4)26-22-14-9-7-13-8-10-15-18-17(6-5-11-23-18)25-19(15)16(13)12-14/h5-12,24H,1-4H3. The molecule has 131 valence electrons. The van der Waals surface area contributed by atoms with Crippen molar-refractivity contribution in [2.45, 2.75) is 38.9 Å². The van der Waals surface area contributed by atoms with Crippen molar-refractivity contribution < 1.29 is 14.2 Å². The highest BCUT2D eigenvalue weighted by Crippen LogP contribution is 2.32. The van der Waals surface area contributed by atoms with Gasteiger partial charge in [0, 0.05) is 17.0 Å². The van der Waals surface area contributed by atoms with Crippen LogP contribution >= 0.6 is 0 Å². The number of pyridine rings is 1. The van der Waals surface area contributed by atoms with E-state index in [1.54, 1.807) is 27.5 Å². The largest absolute Gasteiger partial charge is 0.454 e. The van der Waals surface area contributed by atoms with Gasteiger partial charge in [-0.05, 0) is 51.3 Å². The molecule has 0 saturated heterocycles. The van der Waals surface area contributed by atoms with E-state index in [9.17, 15) is 5.11 Å². The van der Waals surface area contributed by atoms with Gasteiger partial charge in [0.1, 0.15) is 11.1 Å². The summed E-state index contributed by atoms with van der Waals surface area (Å²) in [4.78, 5) is 4.44. The van der Waals surface area contributed by atoms with Crippen LogP contribution in [0.4, 0.5) is 0 Å². The van der Waals surface area contributed by atoms with Crippen LogP contribution in [0.25, 0.3) is 32.8 Å². The van der Waals surface area contributed by atoms with Gasteiger partial charge in [-0.15, -0.1) is 0 Å². The lowest BCUT2D eigenvalue weighted by Gasteiger charge is -2.37. The van der Waals surface area contributed by atoms with Crippen molar-refractivity contribution in [1.29, 1.82) is 0 Å². The van der Waals surface area contributed by atoms with E-state index >= 15 is 0 Å². The summed E-state index contributed by atoms with van der Waals surface area (Å²) in [6, 6.07) is 14.0. The third-order valence-electron chi connectivity index (χ3n) is 5.20. The Bertz CT molecular complexity index is 1110. The second kappa shape index (κ2) is 5.83. The molecule has 1 N–H and O–H groups in total. The minimum absolute atomic E-state index is 0.711. The molecule has 2 aromatic heterocycles. The third-order valence-corrected chi connectivity index (χ3v) is 5.20. The van der Waals surface area contributed by atoms with Crippen LogP contribution < -0.4 is 5.46 Å². The zero-order valence-electron chi connectivity index (χ0n) is 15.4. The maximum Gasteiger partial charge on any atom is 0.330 e. The first-order valence-electron chi connectivity index (χ1n) is 8.70. The van der Waals surface area contributed by atoms with Crippen LogP contribution in [0.1, 0.15) is 27.7 Å². The summed E-state index contributed by atoms with van der Waals surface area (Å²) in [6.07, 6.45) is 1.78. The lowest BCUT2D eigenvalue weighted by Crippen LogP contribution is -2.49. The molecule has 5 heteroatoms. The first-order valence-corrected chi connectivity index (χ1v) is 8.70. The van der Waals surface area contributed by atoms with E-state index in [1.807, 2.05) is 50.2 Å². The lowest BCUT2D eigenvalue weighted by atomic mass is 9.82. The van der Waals surface area contributed by atoms with E-state index in [0.717, 1.165) is 38.3 Å². The Kier molecular flexibility index (Phi) is 3.83. The Morgan fingerprint density at radius 3 is 2.58 bits per heavy atom. The van der Waals surface area contributed by atoms with Crippen LogP contribution in [0.3, 0.4) is 0 Å². The number of aromatic nitrogens is 1. The third kappa shape index (κ3) is 2.77. The first-order chi connectivity index (χ1) is 12.3. The van der Waals surface area contributed by atoms with E-state index in [1.165, 1.54) is 0 Å². The van der Waals surface area contributed by atoms with Crippen molar-refractivity contribution in [2.75, 3.05) is 0 Å². The minimum atomic E-state index is -0.960. The Hall–Kier alpha value is -2.37. The molecule has 1 radical (unpaired) electrons. The zero-order valence-corrected chi connectivity index (χ0v) is 15.4. The number of benzene rings is 2. The molecule has 0 bridgehead atoms. The number of furan rings is 1. The maximum atomic E-state index is 10.3. The van der Waals surface area contributed by atoms with E-state index in [4.69, 9.17) is 9.07 Å². The average molecular weight is 346 g/mol. The van der Waals surface area contributed by atoms with Gasteiger partial charge >= 0.3 is 7.48 Å². The number of nitrogens with zero attached hydrogens (tertiary/aromatic N) is 1. The summed E-state index contributed by atoms with van der Waals surface area (Å²) >= 11 is 0. The fraction of sp³-hybridized carbons (Fsp3) is 0.286. The fourth-order valence-corrected chi connectivity index (χ4v) is 2.82. The van der Waals surface area contributed by atoms with Crippen LogP contribution in [0.15, 0.2) is 53.1 Å². The van der Waals surface area contributed by atoms with Gasteiger partial charge in [-0.2, -0.15) is 0 Å². The predicted molar refractivity (Wildman–Crippen MR) is 106 cm³/mol. The van der Waals surface area contributed by atoms with Crippen LogP contribution in [0.5, 0.6) is 0 Å². The van der Waals surface area contributed by atoms with Crippen molar-refractivity contribution in [2.24, 2.45) is 0 Å². The monoisotopic (exact) mass is 346 g/mol. The van der Waals surface area contributed by atoms with E-state index < -0.39 is 11.2 Å². The number of rotatable bonds is 4. The van der Waals surface area contributed by atoms with Crippen molar-refractivity contribution in [3.8, 4) is 0 Å². The van der Waals surface area contributed by atoms with Gasteiger partial charge in [-0.25, -0.2) is 0 Å². The predicted octanol–water partition coefficient (Wildman–Crippen LogP) is 3.94. The summed E-state index contributed by atoms with van der Waals surface area (Å²) < 4.78 is 11.9. The molecule has 4 aromatic rings. The van der Waals surface area contributed by atoms with Crippen LogP contribution in [-0.2, 0) is 4.65 Å². The quantitative estimate of drug-likeness (QED) is 0.569. The summed E-state index contributed by atoms with van der Waals surface area (Å²) in [5, 5.41) is 13.4. The molecule has 0 aliphatic rings. The molecular weight excluding hydrogens is 325 g/mol. The number of hydrogen-bond donors (Lipinski definition) is 1. The van der Waals surface area contributed by atoms with Gasteiger partial charge in [0.2, 0.25) is 0 Å². The Morgan fingerprint density at radius 2 is 1.81 bits per heavy atom. The van der Waals surface area contributed by atoms with Crippen LogP contribution in [-0.4, -0.2) is 28.8 Å². The molecule has 0 spiro atoms. The number of fused-ring (bicyclic) bond motifs is 5. The van der Waals surface area contributed by atoms with Gasteiger partial charge in [-0.1, -0.05) is 29.7 Å². The SMILES string of the molecule is CC(C)(O)C(C)(C)O[B]c1ccc2ccc3c4ncccc4oc3c2c1. The number of hydrogen-bond acceptors (Lipinski definition) is 4. The molecule has 2 heterocycles. The molecule has 4 nitrogen and oxygen atoms in total.